The predicted molar refractivity (Wildman–Crippen MR) is 203 cm³/mol. The number of pyridine rings is 2. The number of halogens is 1. The maximum absolute atomic E-state index is 12.9. The molecule has 4 amide bonds. The molecule has 6 heterocycles. The van der Waals surface area contributed by atoms with Gasteiger partial charge in [-0.1, -0.05) is 11.6 Å². The van der Waals surface area contributed by atoms with Gasteiger partial charge in [0.1, 0.15) is 11.6 Å². The van der Waals surface area contributed by atoms with Crippen molar-refractivity contribution in [2.45, 2.75) is 57.0 Å². The number of nitrogens with one attached hydrogen (secondary N) is 2. The number of ether oxygens (including phenoxy) is 1. The molecule has 2 aliphatic heterocycles. The molecule has 276 valence electrons. The first-order chi connectivity index (χ1) is 25.7. The van der Waals surface area contributed by atoms with E-state index in [0.29, 0.717) is 52.4 Å². The zero-order valence-electron chi connectivity index (χ0n) is 29.9. The molecule has 53 heavy (non-hydrogen) atoms. The third-order valence-corrected chi connectivity index (χ3v) is 11.3. The number of benzene rings is 1. The number of urea groups is 1. The highest BCUT2D eigenvalue weighted by atomic mass is 35.5. The predicted octanol–water partition coefficient (Wildman–Crippen LogP) is 5.77. The Morgan fingerprint density at radius 1 is 1.06 bits per heavy atom. The zero-order valence-corrected chi connectivity index (χ0v) is 30.6. The minimum Gasteiger partial charge on any atom is -0.494 e. The lowest BCUT2D eigenvalue weighted by atomic mass is 9.85. The average Bonchev–Trinajstić information content (AvgIpc) is 3.79. The van der Waals surface area contributed by atoms with E-state index in [-0.39, 0.29) is 18.2 Å². The number of methoxy groups -OCH3 is 1. The van der Waals surface area contributed by atoms with Crippen LogP contribution in [0.1, 0.15) is 61.3 Å². The minimum atomic E-state index is -0.409. The largest absolute Gasteiger partial charge is 0.494 e. The standard InChI is InChI=1S/C38H43ClN10O4/c1-45(28-9-13-46(14-10-28)32-4-3-12-47-35(21-41-36(32)47)48-15-11-34(50)43-38(48)52)22-24-5-7-29(8-6-24)49-23-26-17-31(33(53-2)18-30(26)44-49)42-37(51)25-16-27(39)20-40-19-25/h3-4,12,16-21,23-24,28-29H,5-11,13-15,22H2,1-2H3,(H,42,51)(H,43,50,52)/t24-,29-. The van der Waals surface area contributed by atoms with E-state index in [1.54, 1.807) is 24.3 Å². The summed E-state index contributed by atoms with van der Waals surface area (Å²) in [5, 5.41) is 11.6. The van der Waals surface area contributed by atoms with Crippen molar-refractivity contribution in [2.24, 2.45) is 5.92 Å². The molecule has 3 fully saturated rings. The van der Waals surface area contributed by atoms with Crippen LogP contribution in [0.4, 0.5) is 22.0 Å². The van der Waals surface area contributed by atoms with Gasteiger partial charge >= 0.3 is 6.03 Å². The Balaban J connectivity index is 0.848. The van der Waals surface area contributed by atoms with Gasteiger partial charge in [-0.2, -0.15) is 5.10 Å². The first kappa shape index (κ1) is 34.9. The van der Waals surface area contributed by atoms with Gasteiger partial charge in [0.15, 0.2) is 5.65 Å². The Bertz CT molecular complexity index is 2170. The SMILES string of the molecule is COc1cc2nn([C@H]3CC[C@H](CN(C)C4CCN(c5cccn6c(N7CCC(=O)NC7=O)cnc56)CC4)CC3)cc2cc1NC(=O)c1cncc(Cl)c1. The van der Waals surface area contributed by atoms with E-state index in [9.17, 15) is 14.4 Å². The van der Waals surface area contributed by atoms with Crippen molar-refractivity contribution in [1.82, 2.24) is 34.4 Å². The quantitative estimate of drug-likeness (QED) is 0.193. The van der Waals surface area contributed by atoms with Gasteiger partial charge in [0.05, 0.1) is 46.8 Å². The summed E-state index contributed by atoms with van der Waals surface area (Å²) in [6.45, 7) is 3.29. The maximum Gasteiger partial charge on any atom is 0.329 e. The summed E-state index contributed by atoms with van der Waals surface area (Å²) < 4.78 is 9.64. The number of fused-ring (bicyclic) bond motifs is 2. The van der Waals surface area contributed by atoms with E-state index in [1.807, 2.05) is 28.8 Å². The lowest BCUT2D eigenvalue weighted by molar-refractivity contribution is -0.120. The molecule has 2 saturated heterocycles. The van der Waals surface area contributed by atoms with Crippen molar-refractivity contribution in [3.05, 3.63) is 71.9 Å². The maximum atomic E-state index is 12.9. The second-order valence-corrected chi connectivity index (χ2v) is 14.8. The van der Waals surface area contributed by atoms with E-state index in [0.717, 1.165) is 80.4 Å². The fraction of sp³-hybridized carbons (Fsp3) is 0.421. The van der Waals surface area contributed by atoms with Gasteiger partial charge in [-0.3, -0.25) is 33.9 Å². The first-order valence-corrected chi connectivity index (χ1v) is 18.6. The van der Waals surface area contributed by atoms with E-state index in [1.165, 1.54) is 12.4 Å². The summed E-state index contributed by atoms with van der Waals surface area (Å²) in [5.41, 5.74) is 3.65. The number of nitrogens with zero attached hydrogens (tertiary/aromatic N) is 8. The number of hydrogen-bond donors (Lipinski definition) is 2. The van der Waals surface area contributed by atoms with E-state index < -0.39 is 6.03 Å². The van der Waals surface area contributed by atoms with Gasteiger partial charge < -0.3 is 19.9 Å². The van der Waals surface area contributed by atoms with Gasteiger partial charge in [0.2, 0.25) is 5.91 Å². The minimum absolute atomic E-state index is 0.250. The number of rotatable bonds is 9. The molecule has 14 nitrogen and oxygen atoms in total. The second-order valence-electron chi connectivity index (χ2n) is 14.4. The molecule has 15 heteroatoms. The molecular formula is C38H43ClN10O4. The van der Waals surface area contributed by atoms with Crippen LogP contribution in [0.15, 0.2) is 61.3 Å². The highest BCUT2D eigenvalue weighted by molar-refractivity contribution is 6.30. The molecule has 1 aliphatic carbocycles. The Morgan fingerprint density at radius 2 is 1.87 bits per heavy atom. The van der Waals surface area contributed by atoms with Crippen LogP contribution in [-0.2, 0) is 4.79 Å². The number of anilines is 3. The summed E-state index contributed by atoms with van der Waals surface area (Å²) in [4.78, 5) is 52.3. The van der Waals surface area contributed by atoms with Gasteiger partial charge in [-0.05, 0) is 75.8 Å². The van der Waals surface area contributed by atoms with Crippen molar-refractivity contribution in [3.63, 3.8) is 0 Å². The summed E-state index contributed by atoms with van der Waals surface area (Å²) in [6.07, 6.45) is 15.5. The van der Waals surface area contributed by atoms with Crippen LogP contribution < -0.4 is 25.2 Å². The molecule has 3 aliphatic rings. The van der Waals surface area contributed by atoms with Crippen LogP contribution >= 0.6 is 11.6 Å². The Morgan fingerprint density at radius 3 is 2.62 bits per heavy atom. The fourth-order valence-electron chi connectivity index (χ4n) is 8.16. The number of piperidine rings is 1. The van der Waals surface area contributed by atoms with E-state index in [2.05, 4.69) is 49.4 Å². The third-order valence-electron chi connectivity index (χ3n) is 11.0. The topological polar surface area (TPSA) is 142 Å². The van der Waals surface area contributed by atoms with Gasteiger partial charge in [0.25, 0.3) is 5.91 Å². The average molecular weight is 739 g/mol. The number of carbonyl (C=O) groups is 3. The number of imide groups is 1. The van der Waals surface area contributed by atoms with Crippen LogP contribution in [0.2, 0.25) is 5.02 Å². The molecule has 0 unspecified atom stereocenters. The molecule has 0 bridgehead atoms. The highest BCUT2D eigenvalue weighted by Gasteiger charge is 2.30. The summed E-state index contributed by atoms with van der Waals surface area (Å²) in [6, 6.07) is 9.89. The Hall–Kier alpha value is -5.21. The van der Waals surface area contributed by atoms with Crippen LogP contribution in [0.25, 0.3) is 16.6 Å². The number of carbonyl (C=O) groups excluding carboxylic acids is 3. The van der Waals surface area contributed by atoms with Crippen molar-refractivity contribution in [1.29, 1.82) is 0 Å². The molecule has 5 aromatic rings. The van der Waals surface area contributed by atoms with Gasteiger partial charge in [-0.15, -0.1) is 0 Å². The first-order valence-electron chi connectivity index (χ1n) is 18.3. The fourth-order valence-corrected chi connectivity index (χ4v) is 8.34. The van der Waals surface area contributed by atoms with Crippen LogP contribution in [0, 0.1) is 5.92 Å². The van der Waals surface area contributed by atoms with Crippen LogP contribution in [-0.4, -0.2) is 93.3 Å². The second kappa shape index (κ2) is 14.7. The number of imidazole rings is 1. The van der Waals surface area contributed by atoms with Crippen molar-refractivity contribution in [3.8, 4) is 5.75 Å². The molecule has 0 spiro atoms. The van der Waals surface area contributed by atoms with Crippen molar-refractivity contribution >= 4 is 63.2 Å². The molecule has 1 aromatic carbocycles. The lowest BCUT2D eigenvalue weighted by Crippen LogP contribution is -2.50. The Kier molecular flexibility index (Phi) is 9.64. The molecule has 0 radical (unpaired) electrons. The van der Waals surface area contributed by atoms with Gasteiger partial charge in [-0.25, -0.2) is 9.78 Å². The molecule has 2 N–H and O–H groups in total. The van der Waals surface area contributed by atoms with Crippen molar-refractivity contribution < 1.29 is 19.1 Å². The molecule has 1 saturated carbocycles. The molecule has 0 atom stereocenters. The monoisotopic (exact) mass is 738 g/mol. The third kappa shape index (κ3) is 7.12. The smallest absolute Gasteiger partial charge is 0.329 e. The van der Waals surface area contributed by atoms with Crippen LogP contribution in [0.5, 0.6) is 5.75 Å². The van der Waals surface area contributed by atoms with Crippen LogP contribution in [0.3, 0.4) is 0 Å². The number of amides is 4. The van der Waals surface area contributed by atoms with Crippen molar-refractivity contribution in [2.75, 3.05) is 55.5 Å². The van der Waals surface area contributed by atoms with E-state index in [4.69, 9.17) is 26.4 Å². The summed E-state index contributed by atoms with van der Waals surface area (Å²) in [5.74, 6) is 1.29. The van der Waals surface area contributed by atoms with E-state index >= 15 is 0 Å². The van der Waals surface area contributed by atoms with Gasteiger partial charge in [0, 0.05) is 74.9 Å². The zero-order chi connectivity index (χ0) is 36.6. The lowest BCUT2D eigenvalue weighted by Gasteiger charge is -2.40. The molecular weight excluding hydrogens is 696 g/mol. The number of aromatic nitrogens is 5. The summed E-state index contributed by atoms with van der Waals surface area (Å²) in [7, 11) is 3.86. The highest BCUT2D eigenvalue weighted by Crippen LogP contribution is 2.36. The Labute approximate surface area is 312 Å². The molecule has 8 rings (SSSR count). The summed E-state index contributed by atoms with van der Waals surface area (Å²) >= 11 is 6.04. The molecule has 4 aromatic heterocycles. The normalized spacial score (nSPS) is 20.0. The number of hydrogen-bond acceptors (Lipinski definition) is 9.